The summed E-state index contributed by atoms with van der Waals surface area (Å²) in [6.07, 6.45) is -4.72. The first-order chi connectivity index (χ1) is 13.1. The Morgan fingerprint density at radius 1 is 1.25 bits per heavy atom. The number of benzene rings is 1. The fourth-order valence-electron chi connectivity index (χ4n) is 2.56. The van der Waals surface area contributed by atoms with E-state index in [9.17, 15) is 18.0 Å². The highest BCUT2D eigenvalue weighted by atomic mass is 32.1. The third-order valence-corrected chi connectivity index (χ3v) is 4.85. The molecule has 5 nitrogen and oxygen atoms in total. The second kappa shape index (κ2) is 7.67. The van der Waals surface area contributed by atoms with Gasteiger partial charge in [0.2, 0.25) is 5.91 Å². The first kappa shape index (κ1) is 19.9. The second-order valence-electron chi connectivity index (χ2n) is 6.40. The molecule has 2 aromatic heterocycles. The highest BCUT2D eigenvalue weighted by Gasteiger charge is 2.34. The molecule has 0 fully saturated rings. The van der Waals surface area contributed by atoms with Crippen LogP contribution in [0.25, 0.3) is 10.8 Å². The van der Waals surface area contributed by atoms with E-state index in [2.05, 4.69) is 10.3 Å². The summed E-state index contributed by atoms with van der Waals surface area (Å²) in [5.74, 6) is 0.758. The summed E-state index contributed by atoms with van der Waals surface area (Å²) in [6, 6.07) is 7.37. The van der Waals surface area contributed by atoms with Crippen LogP contribution in [0.2, 0.25) is 0 Å². The second-order valence-corrected chi connectivity index (χ2v) is 7.26. The van der Waals surface area contributed by atoms with Gasteiger partial charge in [-0.25, -0.2) is 4.98 Å². The molecule has 0 aliphatic carbocycles. The van der Waals surface area contributed by atoms with Crippen molar-refractivity contribution in [3.8, 4) is 10.8 Å². The van der Waals surface area contributed by atoms with Crippen LogP contribution in [-0.2, 0) is 17.4 Å². The number of aromatic nitrogens is 1. The van der Waals surface area contributed by atoms with Crippen LogP contribution in [0.1, 0.15) is 17.0 Å². The molecule has 9 heteroatoms. The van der Waals surface area contributed by atoms with E-state index >= 15 is 0 Å². The predicted molar refractivity (Wildman–Crippen MR) is 103 cm³/mol. The number of hydrogen-bond donors (Lipinski definition) is 1. The molecule has 2 heterocycles. The van der Waals surface area contributed by atoms with Crippen molar-refractivity contribution in [3.05, 3.63) is 52.7 Å². The van der Waals surface area contributed by atoms with Crippen molar-refractivity contribution < 1.29 is 22.4 Å². The molecule has 0 saturated heterocycles. The van der Waals surface area contributed by atoms with Gasteiger partial charge in [0.15, 0.2) is 10.8 Å². The molecule has 0 unspecified atom stereocenters. The lowest BCUT2D eigenvalue weighted by Gasteiger charge is -2.18. The molecule has 0 radical (unpaired) electrons. The van der Waals surface area contributed by atoms with Crippen molar-refractivity contribution in [1.82, 2.24) is 4.98 Å². The van der Waals surface area contributed by atoms with Crippen molar-refractivity contribution in [1.29, 1.82) is 0 Å². The van der Waals surface area contributed by atoms with Crippen LogP contribution in [0.4, 0.5) is 24.5 Å². The molecule has 0 aliphatic heterocycles. The van der Waals surface area contributed by atoms with Crippen LogP contribution < -0.4 is 10.2 Å². The third kappa shape index (κ3) is 4.53. The molecule has 148 valence electrons. The molecule has 1 N–H and O–H groups in total. The highest BCUT2D eigenvalue weighted by molar-refractivity contribution is 7.13. The van der Waals surface area contributed by atoms with Gasteiger partial charge in [0.1, 0.15) is 5.76 Å². The van der Waals surface area contributed by atoms with E-state index in [-0.39, 0.29) is 12.1 Å². The Morgan fingerprint density at radius 2 is 2.00 bits per heavy atom. The Balaban J connectivity index is 1.75. The molecule has 3 rings (SSSR count). The minimum Gasteiger partial charge on any atom is -0.459 e. The number of thiazole rings is 1. The van der Waals surface area contributed by atoms with E-state index < -0.39 is 17.6 Å². The van der Waals surface area contributed by atoms with E-state index in [0.29, 0.717) is 22.1 Å². The van der Waals surface area contributed by atoms with Gasteiger partial charge in [0, 0.05) is 25.2 Å². The van der Waals surface area contributed by atoms with E-state index in [0.717, 1.165) is 11.8 Å². The van der Waals surface area contributed by atoms with Crippen LogP contribution in [-0.4, -0.2) is 25.0 Å². The smallest absolute Gasteiger partial charge is 0.418 e. The summed E-state index contributed by atoms with van der Waals surface area (Å²) >= 11 is 1.31. The van der Waals surface area contributed by atoms with Crippen LogP contribution in [0.5, 0.6) is 0 Å². The molecule has 1 aromatic carbocycles. The Labute approximate surface area is 163 Å². The number of carbonyl (C=O) groups excluding carboxylic acids is 1. The number of amides is 1. The average Bonchev–Trinajstić information content (AvgIpc) is 3.22. The van der Waals surface area contributed by atoms with E-state index in [1.54, 1.807) is 36.5 Å². The van der Waals surface area contributed by atoms with Gasteiger partial charge in [-0.05, 0) is 37.3 Å². The number of nitrogens with zero attached hydrogens (tertiary/aromatic N) is 2. The number of hydrogen-bond acceptors (Lipinski definition) is 5. The maximum atomic E-state index is 13.4. The molecule has 0 atom stereocenters. The van der Waals surface area contributed by atoms with Crippen molar-refractivity contribution in [2.24, 2.45) is 0 Å². The minimum atomic E-state index is -4.58. The maximum absolute atomic E-state index is 13.4. The first-order valence-electron chi connectivity index (χ1n) is 8.33. The van der Waals surface area contributed by atoms with Crippen molar-refractivity contribution >= 4 is 28.6 Å². The summed E-state index contributed by atoms with van der Waals surface area (Å²) in [7, 11) is 3.29. The van der Waals surface area contributed by atoms with Crippen molar-refractivity contribution in [3.63, 3.8) is 0 Å². The summed E-state index contributed by atoms with van der Waals surface area (Å²) in [6.45, 7) is 1.81. The monoisotopic (exact) mass is 409 g/mol. The minimum absolute atomic E-state index is 0.136. The van der Waals surface area contributed by atoms with Gasteiger partial charge in [-0.3, -0.25) is 4.79 Å². The largest absolute Gasteiger partial charge is 0.459 e. The lowest BCUT2D eigenvalue weighted by atomic mass is 10.1. The Morgan fingerprint density at radius 3 is 2.61 bits per heavy atom. The fraction of sp³-hybridized carbons (Fsp3) is 0.263. The maximum Gasteiger partial charge on any atom is 0.418 e. The molecular formula is C19H18F3N3O2S. The van der Waals surface area contributed by atoms with Gasteiger partial charge in [0.05, 0.1) is 23.4 Å². The van der Waals surface area contributed by atoms with Gasteiger partial charge >= 0.3 is 6.18 Å². The number of rotatable bonds is 5. The van der Waals surface area contributed by atoms with Crippen LogP contribution in [0.15, 0.2) is 40.1 Å². The first-order valence-corrected chi connectivity index (χ1v) is 9.21. The summed E-state index contributed by atoms with van der Waals surface area (Å²) < 4.78 is 45.6. The molecule has 0 aliphatic rings. The lowest BCUT2D eigenvalue weighted by Crippen LogP contribution is -2.19. The zero-order valence-corrected chi connectivity index (χ0v) is 16.2. The third-order valence-electron chi connectivity index (χ3n) is 3.94. The quantitative estimate of drug-likeness (QED) is 0.646. The molecular weight excluding hydrogens is 391 g/mol. The van der Waals surface area contributed by atoms with Gasteiger partial charge in [-0.1, -0.05) is 0 Å². The average molecular weight is 409 g/mol. The van der Waals surface area contributed by atoms with Gasteiger partial charge in [0.25, 0.3) is 0 Å². The fourth-order valence-corrected chi connectivity index (χ4v) is 3.34. The zero-order valence-electron chi connectivity index (χ0n) is 15.4. The Bertz CT molecular complexity index is 992. The zero-order chi connectivity index (χ0) is 20.5. The number of halogens is 3. The molecule has 1 amide bonds. The molecule has 0 saturated carbocycles. The highest BCUT2D eigenvalue weighted by Crippen LogP contribution is 2.37. The summed E-state index contributed by atoms with van der Waals surface area (Å²) in [4.78, 5) is 18.2. The number of nitrogens with one attached hydrogen (secondary N) is 1. The topological polar surface area (TPSA) is 58.4 Å². The van der Waals surface area contributed by atoms with Gasteiger partial charge in [-0.15, -0.1) is 11.3 Å². The van der Waals surface area contributed by atoms with Gasteiger partial charge < -0.3 is 14.6 Å². The van der Waals surface area contributed by atoms with Crippen LogP contribution in [0.3, 0.4) is 0 Å². The Hall–Kier alpha value is -2.81. The van der Waals surface area contributed by atoms with Crippen LogP contribution in [0, 0.1) is 6.92 Å². The number of carbonyl (C=O) groups is 1. The summed E-state index contributed by atoms with van der Waals surface area (Å²) in [5.41, 5.74) is -0.314. The lowest BCUT2D eigenvalue weighted by molar-refractivity contribution is -0.136. The predicted octanol–water partition coefficient (Wildman–Crippen LogP) is 4.98. The number of alkyl halides is 3. The molecule has 0 bridgehead atoms. The molecule has 28 heavy (non-hydrogen) atoms. The molecule has 0 spiro atoms. The van der Waals surface area contributed by atoms with Crippen molar-refractivity contribution in [2.75, 3.05) is 24.3 Å². The van der Waals surface area contributed by atoms with Gasteiger partial charge in [-0.2, -0.15) is 13.2 Å². The standard InChI is InChI=1S/C19H18F3N3O2S/c1-11-4-7-16(27-11)18-23-12(10-28-18)8-17(26)24-15-6-5-13(25(2)3)9-14(15)19(20,21)22/h4-7,9-10H,8H2,1-3H3,(H,24,26). The van der Waals surface area contributed by atoms with Crippen molar-refractivity contribution in [2.45, 2.75) is 19.5 Å². The normalized spacial score (nSPS) is 11.5. The van der Waals surface area contributed by atoms with E-state index in [1.807, 2.05) is 6.92 Å². The number of furan rings is 1. The van der Waals surface area contributed by atoms with E-state index in [4.69, 9.17) is 4.42 Å². The van der Waals surface area contributed by atoms with E-state index in [1.165, 1.54) is 23.5 Å². The van der Waals surface area contributed by atoms with Crippen LogP contribution >= 0.6 is 11.3 Å². The Kier molecular flexibility index (Phi) is 5.46. The number of anilines is 2. The molecule has 3 aromatic rings. The summed E-state index contributed by atoms with van der Waals surface area (Å²) in [5, 5.41) is 4.65. The SMILES string of the molecule is Cc1ccc(-c2nc(CC(=O)Nc3ccc(N(C)C)cc3C(F)(F)F)cs2)o1. The number of aryl methyl sites for hydroxylation is 1.